The average Bonchev–Trinajstić information content (AvgIpc) is 3.22. The molecule has 3 rings (SSSR count). The zero-order chi connectivity index (χ0) is 16.2. The number of aromatic nitrogens is 4. The van der Waals surface area contributed by atoms with Crippen LogP contribution in [0.5, 0.6) is 5.75 Å². The fourth-order valence-electron chi connectivity index (χ4n) is 2.81. The van der Waals surface area contributed by atoms with Crippen LogP contribution in [0.25, 0.3) is 0 Å². The summed E-state index contributed by atoms with van der Waals surface area (Å²) in [6, 6.07) is 5.84. The summed E-state index contributed by atoms with van der Waals surface area (Å²) in [5.41, 5.74) is 2.25. The Hall–Kier alpha value is -2.48. The first-order valence-corrected chi connectivity index (χ1v) is 7.80. The van der Waals surface area contributed by atoms with Gasteiger partial charge in [0, 0.05) is 25.9 Å². The number of benzene rings is 1. The van der Waals surface area contributed by atoms with E-state index >= 15 is 0 Å². The number of hydrogen-bond donors (Lipinski definition) is 2. The van der Waals surface area contributed by atoms with Crippen molar-refractivity contribution >= 4 is 11.8 Å². The number of carbonyl (C=O) groups is 1. The molecule has 0 radical (unpaired) electrons. The molecule has 8 heteroatoms. The van der Waals surface area contributed by atoms with E-state index < -0.39 is 0 Å². The van der Waals surface area contributed by atoms with E-state index in [0.717, 1.165) is 30.6 Å². The van der Waals surface area contributed by atoms with Gasteiger partial charge in [-0.15, -0.1) is 10.2 Å². The van der Waals surface area contributed by atoms with Crippen LogP contribution >= 0.6 is 0 Å². The molecule has 0 bridgehead atoms. The first kappa shape index (κ1) is 15.4. The highest BCUT2D eigenvalue weighted by Crippen LogP contribution is 2.36. The van der Waals surface area contributed by atoms with Gasteiger partial charge in [0.2, 0.25) is 0 Å². The lowest BCUT2D eigenvalue weighted by Gasteiger charge is -2.16. The van der Waals surface area contributed by atoms with Crippen molar-refractivity contribution in [2.24, 2.45) is 0 Å². The van der Waals surface area contributed by atoms with Crippen molar-refractivity contribution in [1.82, 2.24) is 25.5 Å². The quantitative estimate of drug-likeness (QED) is 0.785. The molecule has 1 atom stereocenters. The van der Waals surface area contributed by atoms with Gasteiger partial charge < -0.3 is 15.0 Å². The lowest BCUT2D eigenvalue weighted by atomic mass is 9.95. The third-order valence-corrected chi connectivity index (χ3v) is 4.22. The van der Waals surface area contributed by atoms with E-state index in [4.69, 9.17) is 4.74 Å². The summed E-state index contributed by atoms with van der Waals surface area (Å²) >= 11 is 0. The largest absolute Gasteiger partial charge is 0.414 e. The van der Waals surface area contributed by atoms with Crippen molar-refractivity contribution < 1.29 is 14.8 Å². The zero-order valence-electron chi connectivity index (χ0n) is 13.3. The number of ether oxygens (including phenoxy) is 1. The molecule has 2 aromatic rings. The van der Waals surface area contributed by atoms with Crippen molar-refractivity contribution in [2.75, 3.05) is 20.1 Å². The Labute approximate surface area is 134 Å². The third-order valence-electron chi connectivity index (χ3n) is 4.22. The number of hydrogen-bond acceptors (Lipinski definition) is 5. The second-order valence-corrected chi connectivity index (χ2v) is 5.64. The maximum absolute atomic E-state index is 12.1. The molecule has 1 aromatic carbocycles. The minimum Gasteiger partial charge on any atom is -0.410 e. The van der Waals surface area contributed by atoms with Gasteiger partial charge in [0.15, 0.2) is 5.82 Å². The van der Waals surface area contributed by atoms with Crippen LogP contribution in [-0.4, -0.2) is 51.8 Å². The average molecular weight is 317 g/mol. The van der Waals surface area contributed by atoms with Gasteiger partial charge in [-0.05, 0) is 25.5 Å². The summed E-state index contributed by atoms with van der Waals surface area (Å²) in [5.74, 6) is 1.66. The van der Waals surface area contributed by atoms with E-state index in [1.807, 2.05) is 19.1 Å². The van der Waals surface area contributed by atoms with Crippen molar-refractivity contribution in [3.63, 3.8) is 0 Å². The minimum atomic E-state index is -0.329. The van der Waals surface area contributed by atoms with Gasteiger partial charge in [0.25, 0.3) is 0 Å². The van der Waals surface area contributed by atoms with Gasteiger partial charge in [-0.25, -0.2) is 4.79 Å². The van der Waals surface area contributed by atoms with E-state index in [1.165, 1.54) is 0 Å². The SMILES string of the molecule is CCN(C)C(=O)Oc1cccc2c1C(CCc1nn[nH]n1)C[NH2+]2. The fraction of sp³-hybridized carbons (Fsp3) is 0.467. The first-order chi connectivity index (χ1) is 11.2. The van der Waals surface area contributed by atoms with Crippen LogP contribution in [-0.2, 0) is 6.42 Å². The highest BCUT2D eigenvalue weighted by molar-refractivity contribution is 5.72. The molecule has 1 aliphatic rings. The van der Waals surface area contributed by atoms with Crippen LogP contribution in [0.4, 0.5) is 10.5 Å². The van der Waals surface area contributed by atoms with E-state index in [1.54, 1.807) is 11.9 Å². The van der Waals surface area contributed by atoms with Gasteiger partial charge in [0.05, 0.1) is 12.1 Å². The van der Waals surface area contributed by atoms with Crippen molar-refractivity contribution in [3.05, 3.63) is 29.6 Å². The van der Waals surface area contributed by atoms with E-state index in [9.17, 15) is 4.79 Å². The highest BCUT2D eigenvalue weighted by atomic mass is 16.6. The first-order valence-electron chi connectivity index (χ1n) is 7.80. The second-order valence-electron chi connectivity index (χ2n) is 5.64. The number of carbonyl (C=O) groups excluding carboxylic acids is 1. The molecular formula is C15H21N6O2+. The van der Waals surface area contributed by atoms with Crippen LogP contribution in [0.2, 0.25) is 0 Å². The molecule has 23 heavy (non-hydrogen) atoms. The number of nitrogens with one attached hydrogen (secondary N) is 1. The Balaban J connectivity index is 1.75. The standard InChI is InChI=1S/C15H20N6O2/c1-3-21(2)15(22)23-12-6-4-5-11-14(12)10(9-16-11)7-8-13-17-19-20-18-13/h4-6,10,16H,3,7-9H2,1-2H3,(H,17,18,19,20)/p+1. The van der Waals surface area contributed by atoms with E-state index in [-0.39, 0.29) is 6.09 Å². The third kappa shape index (κ3) is 3.31. The van der Waals surface area contributed by atoms with Crippen LogP contribution in [0.1, 0.15) is 30.7 Å². The number of rotatable bonds is 5. The van der Waals surface area contributed by atoms with Crippen LogP contribution in [0, 0.1) is 0 Å². The molecule has 0 saturated heterocycles. The lowest BCUT2D eigenvalue weighted by Crippen LogP contribution is -2.76. The van der Waals surface area contributed by atoms with E-state index in [2.05, 4.69) is 32.0 Å². The number of H-pyrrole nitrogens is 1. The van der Waals surface area contributed by atoms with Crippen LogP contribution < -0.4 is 10.1 Å². The smallest absolute Gasteiger partial charge is 0.410 e. The fourth-order valence-corrected chi connectivity index (χ4v) is 2.81. The number of aryl methyl sites for hydroxylation is 1. The molecule has 122 valence electrons. The number of fused-ring (bicyclic) bond motifs is 1. The highest BCUT2D eigenvalue weighted by Gasteiger charge is 2.31. The summed E-state index contributed by atoms with van der Waals surface area (Å²) in [7, 11) is 1.73. The Morgan fingerprint density at radius 2 is 2.39 bits per heavy atom. The Morgan fingerprint density at radius 3 is 3.13 bits per heavy atom. The zero-order valence-corrected chi connectivity index (χ0v) is 13.3. The maximum atomic E-state index is 12.1. The molecule has 1 unspecified atom stereocenters. The van der Waals surface area contributed by atoms with Crippen LogP contribution in [0.3, 0.4) is 0 Å². The summed E-state index contributed by atoms with van der Waals surface area (Å²) in [6.07, 6.45) is 1.30. The number of nitrogens with two attached hydrogens (primary N) is 1. The number of quaternary nitrogens is 1. The molecule has 1 aromatic heterocycles. The van der Waals surface area contributed by atoms with Crippen molar-refractivity contribution in [3.8, 4) is 5.75 Å². The molecular weight excluding hydrogens is 296 g/mol. The van der Waals surface area contributed by atoms with Gasteiger partial charge >= 0.3 is 6.09 Å². The van der Waals surface area contributed by atoms with Gasteiger partial charge in [0.1, 0.15) is 11.4 Å². The predicted octanol–water partition coefficient (Wildman–Crippen LogP) is 0.575. The molecule has 0 saturated carbocycles. The number of tetrazole rings is 1. The maximum Gasteiger partial charge on any atom is 0.414 e. The minimum absolute atomic E-state index is 0.305. The van der Waals surface area contributed by atoms with Gasteiger partial charge in [-0.2, -0.15) is 5.21 Å². The molecule has 8 nitrogen and oxygen atoms in total. The molecule has 3 N–H and O–H groups in total. The van der Waals surface area contributed by atoms with E-state index in [0.29, 0.717) is 24.0 Å². The van der Waals surface area contributed by atoms with Gasteiger partial charge in [-0.3, -0.25) is 0 Å². The topological polar surface area (TPSA) is 101 Å². The number of aromatic amines is 1. The molecule has 1 aliphatic heterocycles. The Bertz CT molecular complexity index is 673. The summed E-state index contributed by atoms with van der Waals surface area (Å²) in [5, 5.41) is 16.2. The molecule has 0 spiro atoms. The molecule has 0 fully saturated rings. The number of nitrogens with zero attached hydrogens (tertiary/aromatic N) is 4. The normalized spacial score (nSPS) is 16.2. The summed E-state index contributed by atoms with van der Waals surface area (Å²) < 4.78 is 5.59. The molecule has 1 amide bonds. The molecule has 2 heterocycles. The van der Waals surface area contributed by atoms with Crippen LogP contribution in [0.15, 0.2) is 18.2 Å². The lowest BCUT2D eigenvalue weighted by molar-refractivity contribution is -0.564. The Morgan fingerprint density at radius 1 is 1.52 bits per heavy atom. The second kappa shape index (κ2) is 6.74. The predicted molar refractivity (Wildman–Crippen MR) is 82.5 cm³/mol. The monoisotopic (exact) mass is 317 g/mol. The van der Waals surface area contributed by atoms with Gasteiger partial charge in [-0.1, -0.05) is 11.3 Å². The summed E-state index contributed by atoms with van der Waals surface area (Å²) in [6.45, 7) is 3.46. The molecule has 0 aliphatic carbocycles. The van der Waals surface area contributed by atoms with Crippen molar-refractivity contribution in [1.29, 1.82) is 0 Å². The van der Waals surface area contributed by atoms with Crippen molar-refractivity contribution in [2.45, 2.75) is 25.7 Å². The Kier molecular flexibility index (Phi) is 4.52. The summed E-state index contributed by atoms with van der Waals surface area (Å²) in [4.78, 5) is 13.6. The number of amides is 1.